The zero-order valence-corrected chi connectivity index (χ0v) is 16.7. The number of hydrogen-bond donors (Lipinski definition) is 0. The van der Waals surface area contributed by atoms with Crippen LogP contribution in [0.2, 0.25) is 0 Å². The summed E-state index contributed by atoms with van der Waals surface area (Å²) in [5.74, 6) is 1.46. The van der Waals surface area contributed by atoms with Crippen molar-refractivity contribution in [2.24, 2.45) is 5.41 Å². The maximum Gasteiger partial charge on any atom is 0.261 e. The van der Waals surface area contributed by atoms with E-state index in [2.05, 4.69) is 13.8 Å². The summed E-state index contributed by atoms with van der Waals surface area (Å²) in [6.07, 6.45) is 0.627. The SMILES string of the molecule is CN1C(=O)[C@]23CC(C)(C)[C@H](c4ccc5c(c4)OCO5)N2C(=O)[C@@]1(C)SS3. The first-order valence-electron chi connectivity index (χ1n) is 8.59. The molecule has 5 aliphatic rings. The first-order valence-corrected chi connectivity index (χ1v) is 10.7. The number of rotatable bonds is 1. The van der Waals surface area contributed by atoms with E-state index in [1.165, 1.54) is 10.8 Å². The Hall–Kier alpha value is -1.54. The summed E-state index contributed by atoms with van der Waals surface area (Å²) in [6.45, 7) is 6.33. The maximum atomic E-state index is 13.5. The molecule has 0 saturated carbocycles. The van der Waals surface area contributed by atoms with E-state index in [-0.39, 0.29) is 30.1 Å². The lowest BCUT2D eigenvalue weighted by atomic mass is 9.80. The number of benzene rings is 1. The molecule has 0 N–H and O–H groups in total. The van der Waals surface area contributed by atoms with Crippen LogP contribution in [0.4, 0.5) is 0 Å². The second-order valence-corrected chi connectivity index (χ2v) is 11.0. The highest BCUT2D eigenvalue weighted by Gasteiger charge is 2.73. The molecule has 6 nitrogen and oxygen atoms in total. The predicted molar refractivity (Wildman–Crippen MR) is 99.6 cm³/mol. The molecule has 26 heavy (non-hydrogen) atoms. The number of carbonyl (C=O) groups is 2. The molecule has 5 heterocycles. The fourth-order valence-electron chi connectivity index (χ4n) is 4.67. The number of fused-ring (bicyclic) bond motifs is 3. The smallest absolute Gasteiger partial charge is 0.261 e. The van der Waals surface area contributed by atoms with Gasteiger partial charge in [0.25, 0.3) is 11.8 Å². The van der Waals surface area contributed by atoms with Crippen LogP contribution in [0.15, 0.2) is 18.2 Å². The summed E-state index contributed by atoms with van der Waals surface area (Å²) in [4.78, 5) is 28.5. The Morgan fingerprint density at radius 1 is 1.08 bits per heavy atom. The van der Waals surface area contributed by atoms with E-state index in [9.17, 15) is 9.59 Å². The van der Waals surface area contributed by atoms with Crippen LogP contribution in [0.25, 0.3) is 0 Å². The molecule has 5 aliphatic heterocycles. The average molecular weight is 393 g/mol. The van der Waals surface area contributed by atoms with E-state index in [0.717, 1.165) is 11.3 Å². The van der Waals surface area contributed by atoms with Crippen molar-refractivity contribution in [3.05, 3.63) is 23.8 Å². The van der Waals surface area contributed by atoms with Crippen molar-refractivity contribution in [2.75, 3.05) is 13.8 Å². The van der Waals surface area contributed by atoms with Gasteiger partial charge < -0.3 is 19.3 Å². The van der Waals surface area contributed by atoms with Gasteiger partial charge in [-0.3, -0.25) is 9.59 Å². The second kappa shape index (κ2) is 4.84. The molecule has 2 amide bonds. The molecule has 4 saturated heterocycles. The van der Waals surface area contributed by atoms with E-state index in [4.69, 9.17) is 9.47 Å². The first-order chi connectivity index (χ1) is 12.2. The normalized spacial score (nSPS) is 36.7. The molecule has 6 rings (SSSR count). The van der Waals surface area contributed by atoms with Gasteiger partial charge in [0.2, 0.25) is 6.79 Å². The molecule has 8 heteroatoms. The molecule has 1 aromatic rings. The lowest BCUT2D eigenvalue weighted by Crippen LogP contribution is -2.73. The third kappa shape index (κ3) is 1.77. The van der Waals surface area contributed by atoms with Gasteiger partial charge in [0.15, 0.2) is 21.2 Å². The van der Waals surface area contributed by atoms with Crippen LogP contribution in [0.3, 0.4) is 0 Å². The van der Waals surface area contributed by atoms with Crippen molar-refractivity contribution in [1.82, 2.24) is 9.80 Å². The molecule has 1 spiro atoms. The third-order valence-electron chi connectivity index (χ3n) is 6.03. The molecular formula is C18H20N2O4S2. The van der Waals surface area contributed by atoms with Gasteiger partial charge in [0.05, 0.1) is 6.04 Å². The highest BCUT2D eigenvalue weighted by atomic mass is 33.1. The van der Waals surface area contributed by atoms with Crippen molar-refractivity contribution in [1.29, 1.82) is 0 Å². The minimum Gasteiger partial charge on any atom is -0.454 e. The minimum absolute atomic E-state index is 0.0107. The first kappa shape index (κ1) is 16.6. The number of piperazine rings is 1. The van der Waals surface area contributed by atoms with Gasteiger partial charge in [0, 0.05) is 7.05 Å². The van der Waals surface area contributed by atoms with Crippen molar-refractivity contribution < 1.29 is 19.1 Å². The lowest BCUT2D eigenvalue weighted by molar-refractivity contribution is -0.164. The van der Waals surface area contributed by atoms with Crippen molar-refractivity contribution in [2.45, 2.75) is 43.0 Å². The highest BCUT2D eigenvalue weighted by molar-refractivity contribution is 8.78. The summed E-state index contributed by atoms with van der Waals surface area (Å²) in [5, 5.41) is 0. The second-order valence-electron chi connectivity index (χ2n) is 8.15. The van der Waals surface area contributed by atoms with E-state index in [1.54, 1.807) is 22.7 Å². The quantitative estimate of drug-likeness (QED) is 0.685. The van der Waals surface area contributed by atoms with Crippen LogP contribution < -0.4 is 9.47 Å². The van der Waals surface area contributed by atoms with Crippen LogP contribution in [-0.2, 0) is 9.59 Å². The molecule has 2 bridgehead atoms. The van der Waals surface area contributed by atoms with Gasteiger partial charge in [-0.05, 0) is 36.5 Å². The van der Waals surface area contributed by atoms with Gasteiger partial charge >= 0.3 is 0 Å². The predicted octanol–water partition coefficient (Wildman–Crippen LogP) is 2.99. The van der Waals surface area contributed by atoms with E-state index in [0.29, 0.717) is 12.2 Å². The summed E-state index contributed by atoms with van der Waals surface area (Å²) in [5.41, 5.74) is 0.741. The molecule has 1 aromatic carbocycles. The third-order valence-corrected chi connectivity index (χ3v) is 9.73. The van der Waals surface area contributed by atoms with Crippen LogP contribution in [0, 0.1) is 5.41 Å². The summed E-state index contributed by atoms with van der Waals surface area (Å²) < 4.78 is 11.0. The van der Waals surface area contributed by atoms with Crippen molar-refractivity contribution in [3.8, 4) is 11.5 Å². The molecule has 0 aromatic heterocycles. The topological polar surface area (TPSA) is 59.1 Å². The van der Waals surface area contributed by atoms with Crippen LogP contribution in [-0.4, -0.2) is 45.2 Å². The fraction of sp³-hybridized carbons (Fsp3) is 0.556. The van der Waals surface area contributed by atoms with Gasteiger partial charge in [-0.1, -0.05) is 41.5 Å². The van der Waals surface area contributed by atoms with E-state index >= 15 is 0 Å². The Morgan fingerprint density at radius 2 is 1.81 bits per heavy atom. The monoisotopic (exact) mass is 392 g/mol. The Morgan fingerprint density at radius 3 is 2.58 bits per heavy atom. The standard InChI is InChI=1S/C18H20N2O4S2/c1-16(2)8-18-15(22)19(4)17(3,25-26-18)14(21)20(18)13(16)10-5-6-11-12(7-10)24-9-23-11/h5-7,13H,8-9H2,1-4H3/t13-,17+,18+/m0/s1. The number of carbonyl (C=O) groups excluding carboxylic acids is 2. The zero-order valence-electron chi connectivity index (χ0n) is 15.1. The van der Waals surface area contributed by atoms with Gasteiger partial charge in [0.1, 0.15) is 0 Å². The lowest BCUT2D eigenvalue weighted by Gasteiger charge is -2.57. The number of amides is 2. The molecule has 0 unspecified atom stereocenters. The van der Waals surface area contributed by atoms with Crippen LogP contribution >= 0.6 is 21.6 Å². The van der Waals surface area contributed by atoms with Crippen LogP contribution in [0.1, 0.15) is 38.8 Å². The Labute approximate surface area is 160 Å². The minimum atomic E-state index is -0.863. The number of hydrogen-bond acceptors (Lipinski definition) is 6. The number of ether oxygens (including phenoxy) is 2. The Balaban J connectivity index is 1.67. The maximum absolute atomic E-state index is 13.5. The van der Waals surface area contributed by atoms with Crippen LogP contribution in [0.5, 0.6) is 11.5 Å². The Kier molecular flexibility index (Phi) is 3.09. The van der Waals surface area contributed by atoms with Crippen molar-refractivity contribution >= 4 is 33.4 Å². The summed E-state index contributed by atoms with van der Waals surface area (Å²) >= 11 is 0. The molecule has 0 radical (unpaired) electrons. The van der Waals surface area contributed by atoms with Gasteiger partial charge in [-0.2, -0.15) is 0 Å². The summed E-state index contributed by atoms with van der Waals surface area (Å²) in [6, 6.07) is 5.65. The zero-order chi connectivity index (χ0) is 18.5. The fourth-order valence-corrected chi connectivity index (χ4v) is 8.32. The van der Waals surface area contributed by atoms with Gasteiger partial charge in [-0.25, -0.2) is 0 Å². The molecule has 3 atom stereocenters. The van der Waals surface area contributed by atoms with Crippen molar-refractivity contribution in [3.63, 3.8) is 0 Å². The average Bonchev–Trinajstić information content (AvgIpc) is 3.15. The van der Waals surface area contributed by atoms with E-state index in [1.807, 2.05) is 30.0 Å². The molecule has 4 fully saturated rings. The Bertz CT molecular complexity index is 860. The molecular weight excluding hydrogens is 372 g/mol. The highest BCUT2D eigenvalue weighted by Crippen LogP contribution is 2.69. The number of nitrogens with zero attached hydrogens (tertiary/aromatic N) is 2. The number of likely N-dealkylation sites (N-methyl/N-ethyl adjacent to an activating group) is 1. The molecule has 0 aliphatic carbocycles. The largest absolute Gasteiger partial charge is 0.454 e. The summed E-state index contributed by atoms with van der Waals surface area (Å²) in [7, 11) is 4.80. The van der Waals surface area contributed by atoms with Gasteiger partial charge in [-0.15, -0.1) is 0 Å². The molecule has 138 valence electrons. The van der Waals surface area contributed by atoms with E-state index < -0.39 is 9.74 Å².